The fraction of sp³-hybridized carbons (Fsp3) is 0.478. The summed E-state index contributed by atoms with van der Waals surface area (Å²) in [5.74, 6) is -1.27. The molecule has 186 valence electrons. The summed E-state index contributed by atoms with van der Waals surface area (Å²) in [5, 5.41) is 2.59. The first-order chi connectivity index (χ1) is 15.9. The Labute approximate surface area is 197 Å². The van der Waals surface area contributed by atoms with Crippen LogP contribution < -0.4 is 32.1 Å². The van der Waals surface area contributed by atoms with E-state index in [0.29, 0.717) is 10.6 Å². The molecule has 2 amide bonds. The van der Waals surface area contributed by atoms with Crippen LogP contribution in [0.25, 0.3) is 0 Å². The van der Waals surface area contributed by atoms with Crippen LogP contribution in [0.2, 0.25) is 0 Å². The third kappa shape index (κ3) is 7.27. The molecule has 0 aliphatic carbocycles. The predicted octanol–water partition coefficient (Wildman–Crippen LogP) is 0.0563. The van der Waals surface area contributed by atoms with Gasteiger partial charge in [-0.1, -0.05) is 33.8 Å². The molecule has 0 saturated carbocycles. The number of carbonyl (C=O) groups excluding carboxylic acids is 2. The van der Waals surface area contributed by atoms with Crippen molar-refractivity contribution in [3.63, 3.8) is 0 Å². The van der Waals surface area contributed by atoms with Crippen molar-refractivity contribution in [2.24, 2.45) is 11.8 Å². The average Bonchev–Trinajstić information content (AvgIpc) is 2.69. The van der Waals surface area contributed by atoms with E-state index < -0.39 is 28.9 Å². The van der Waals surface area contributed by atoms with Crippen LogP contribution in [0.1, 0.15) is 27.7 Å². The summed E-state index contributed by atoms with van der Waals surface area (Å²) in [6, 6.07) is 5.51. The Morgan fingerprint density at radius 2 is 1.85 bits per heavy atom. The van der Waals surface area contributed by atoms with Crippen molar-refractivity contribution in [3.05, 3.63) is 50.9 Å². The van der Waals surface area contributed by atoms with Gasteiger partial charge in [0.05, 0.1) is 7.05 Å². The van der Waals surface area contributed by atoms with E-state index in [1.807, 2.05) is 27.7 Å². The molecule has 5 N–H and O–H groups in total. The molecule has 1 aromatic heterocycles. The van der Waals surface area contributed by atoms with E-state index in [9.17, 15) is 23.6 Å². The summed E-state index contributed by atoms with van der Waals surface area (Å²) in [7, 11) is 1.66. The second kappa shape index (κ2) is 11.6. The minimum absolute atomic E-state index is 0.00445. The van der Waals surface area contributed by atoms with Gasteiger partial charge in [0.25, 0.3) is 17.4 Å². The number of carbonyl (C=O) groups is 2. The molecule has 0 aliphatic rings. The first-order valence-corrected chi connectivity index (χ1v) is 11.2. The van der Waals surface area contributed by atoms with Crippen molar-refractivity contribution in [1.82, 2.24) is 9.55 Å². The lowest BCUT2D eigenvalue weighted by atomic mass is 10.2. The smallest absolute Gasteiger partial charge is 0.330 e. The highest BCUT2D eigenvalue weighted by Gasteiger charge is 2.27. The monoisotopic (exact) mass is 477 g/mol. The van der Waals surface area contributed by atoms with Crippen LogP contribution in [0.4, 0.5) is 21.6 Å². The van der Waals surface area contributed by atoms with Crippen LogP contribution in [-0.4, -0.2) is 48.0 Å². The molecule has 1 atom stereocenters. The third-order valence-corrected chi connectivity index (χ3v) is 4.90. The molecule has 34 heavy (non-hydrogen) atoms. The minimum atomic E-state index is -0.738. The summed E-state index contributed by atoms with van der Waals surface area (Å²) in [5.41, 5.74) is 5.08. The number of H-pyrrole nitrogens is 1. The standard InChI is InChI=1S/C23H33FN6O4/c1-14(2)10-29(20-21(25)30(11-15(3)4)23(34)27-22(20)33)19(32)13-28(5)12-18(31)26-17-8-6-7-16(24)9-17/h6-9,14-15H,10-13,25H2,1-5H3,(H,26,31)(H,27,33,34)/p+1. The van der Waals surface area contributed by atoms with Crippen LogP contribution in [-0.2, 0) is 16.1 Å². The van der Waals surface area contributed by atoms with Gasteiger partial charge >= 0.3 is 5.69 Å². The number of benzene rings is 1. The van der Waals surface area contributed by atoms with Gasteiger partial charge in [0, 0.05) is 18.8 Å². The Hall–Kier alpha value is -3.47. The number of nitrogens with two attached hydrogens (primary N) is 1. The first kappa shape index (κ1) is 26.8. The largest absolute Gasteiger partial charge is 0.383 e. The van der Waals surface area contributed by atoms with E-state index >= 15 is 0 Å². The molecule has 0 spiro atoms. The lowest BCUT2D eigenvalue weighted by Crippen LogP contribution is -3.11. The maximum atomic E-state index is 13.3. The number of aromatic amines is 1. The zero-order chi connectivity index (χ0) is 25.6. The Morgan fingerprint density at radius 1 is 1.18 bits per heavy atom. The number of nitrogens with zero attached hydrogens (tertiary/aromatic N) is 2. The molecule has 2 aromatic rings. The van der Waals surface area contributed by atoms with Crippen LogP contribution >= 0.6 is 0 Å². The molecule has 1 aromatic carbocycles. The Kier molecular flexibility index (Phi) is 9.13. The Morgan fingerprint density at radius 3 is 2.44 bits per heavy atom. The van der Waals surface area contributed by atoms with E-state index in [-0.39, 0.29) is 49.5 Å². The molecule has 0 fully saturated rings. The number of aromatic nitrogens is 2. The van der Waals surface area contributed by atoms with Crippen molar-refractivity contribution < 1.29 is 18.9 Å². The molecule has 2 rings (SSSR count). The lowest BCUT2D eigenvalue weighted by Gasteiger charge is -2.27. The van der Waals surface area contributed by atoms with Gasteiger partial charge in [-0.05, 0) is 30.0 Å². The highest BCUT2D eigenvalue weighted by molar-refractivity contribution is 5.96. The highest BCUT2D eigenvalue weighted by Crippen LogP contribution is 2.19. The zero-order valence-electron chi connectivity index (χ0n) is 20.3. The predicted molar refractivity (Wildman–Crippen MR) is 129 cm³/mol. The van der Waals surface area contributed by atoms with Gasteiger partial charge in [-0.25, -0.2) is 9.18 Å². The van der Waals surface area contributed by atoms with Crippen molar-refractivity contribution in [3.8, 4) is 0 Å². The Balaban J connectivity index is 2.23. The van der Waals surface area contributed by atoms with Crippen molar-refractivity contribution in [1.29, 1.82) is 0 Å². The van der Waals surface area contributed by atoms with E-state index in [1.165, 1.54) is 27.7 Å². The minimum Gasteiger partial charge on any atom is -0.383 e. The molecule has 0 bridgehead atoms. The first-order valence-electron chi connectivity index (χ1n) is 11.2. The van der Waals surface area contributed by atoms with Crippen LogP contribution in [0, 0.1) is 17.7 Å². The molecule has 10 nitrogen and oxygen atoms in total. The summed E-state index contributed by atoms with van der Waals surface area (Å²) >= 11 is 0. The van der Waals surface area contributed by atoms with Crippen molar-refractivity contribution in [2.75, 3.05) is 42.6 Å². The SMILES string of the molecule is CC(C)CN(C(=O)C[NH+](C)CC(=O)Nc1cccc(F)c1)c1c(N)n(CC(C)C)c(=O)[nH]c1=O. The van der Waals surface area contributed by atoms with Gasteiger partial charge in [0.15, 0.2) is 18.8 Å². The molecular formula is C23H34FN6O4+. The molecule has 0 aliphatic heterocycles. The average molecular weight is 478 g/mol. The lowest BCUT2D eigenvalue weighted by molar-refractivity contribution is -0.862. The molecule has 0 radical (unpaired) electrons. The van der Waals surface area contributed by atoms with Gasteiger partial charge in [-0.15, -0.1) is 0 Å². The quantitative estimate of drug-likeness (QED) is 0.384. The fourth-order valence-electron chi connectivity index (χ4n) is 3.53. The van der Waals surface area contributed by atoms with Crippen molar-refractivity contribution >= 4 is 29.0 Å². The van der Waals surface area contributed by atoms with E-state index in [4.69, 9.17) is 5.73 Å². The number of halogens is 1. The molecular weight excluding hydrogens is 443 g/mol. The van der Waals surface area contributed by atoms with E-state index in [1.54, 1.807) is 13.1 Å². The number of nitrogen functional groups attached to an aromatic ring is 1. The number of hydrogen-bond acceptors (Lipinski definition) is 5. The number of quaternary nitrogens is 1. The topological polar surface area (TPSA) is 135 Å². The van der Waals surface area contributed by atoms with Crippen LogP contribution in [0.15, 0.2) is 33.9 Å². The number of amides is 2. The second-order valence-corrected chi connectivity index (χ2v) is 9.26. The normalized spacial score (nSPS) is 12.1. The number of nitrogens with one attached hydrogen (secondary N) is 3. The zero-order valence-corrected chi connectivity index (χ0v) is 20.3. The van der Waals surface area contributed by atoms with Crippen LogP contribution in [0.3, 0.4) is 0 Å². The maximum absolute atomic E-state index is 13.3. The van der Waals surface area contributed by atoms with E-state index in [2.05, 4.69) is 10.3 Å². The van der Waals surface area contributed by atoms with E-state index in [0.717, 1.165) is 0 Å². The van der Waals surface area contributed by atoms with Crippen LogP contribution in [0.5, 0.6) is 0 Å². The number of rotatable bonds is 10. The summed E-state index contributed by atoms with van der Waals surface area (Å²) < 4.78 is 14.6. The van der Waals surface area contributed by atoms with Gasteiger partial charge < -0.3 is 16.0 Å². The third-order valence-electron chi connectivity index (χ3n) is 4.90. The summed E-state index contributed by atoms with van der Waals surface area (Å²) in [4.78, 5) is 54.6. The molecule has 11 heteroatoms. The second-order valence-electron chi connectivity index (χ2n) is 9.26. The summed E-state index contributed by atoms with van der Waals surface area (Å²) in [6.45, 7) is 7.90. The molecule has 1 unspecified atom stereocenters. The van der Waals surface area contributed by atoms with Gasteiger partial charge in [-0.2, -0.15) is 0 Å². The molecule has 1 heterocycles. The van der Waals surface area contributed by atoms with Gasteiger partial charge in [0.2, 0.25) is 0 Å². The van der Waals surface area contributed by atoms with Crippen molar-refractivity contribution in [2.45, 2.75) is 34.2 Å². The number of hydrogen-bond donors (Lipinski definition) is 4. The Bertz CT molecular complexity index is 1140. The van der Waals surface area contributed by atoms with Gasteiger partial charge in [0.1, 0.15) is 11.6 Å². The number of likely N-dealkylation sites (N-methyl/N-ethyl adjacent to an activating group) is 1. The molecule has 0 saturated heterocycles. The highest BCUT2D eigenvalue weighted by atomic mass is 19.1. The fourth-order valence-corrected chi connectivity index (χ4v) is 3.53. The summed E-state index contributed by atoms with van der Waals surface area (Å²) in [6.07, 6.45) is 0. The maximum Gasteiger partial charge on any atom is 0.330 e. The number of anilines is 3. The van der Waals surface area contributed by atoms with Gasteiger partial charge in [-0.3, -0.25) is 28.8 Å².